The van der Waals surface area contributed by atoms with Crippen LogP contribution in [0.1, 0.15) is 18.2 Å². The number of carbonyl (C=O) groups is 3. The van der Waals surface area contributed by atoms with Crippen LogP contribution in [0.5, 0.6) is 0 Å². The fraction of sp³-hybridized carbons (Fsp3) is 0.111. The number of aromatic nitrogens is 1. The van der Waals surface area contributed by atoms with E-state index in [9.17, 15) is 19.5 Å². The number of aliphatic hydroxyl groups excluding tert-OH is 1. The molecule has 0 radical (unpaired) electrons. The molecule has 126 valence electrons. The van der Waals surface area contributed by atoms with Gasteiger partial charge in [0.25, 0.3) is 11.8 Å². The molecule has 3 rings (SSSR count). The van der Waals surface area contributed by atoms with Crippen molar-refractivity contribution >= 4 is 29.0 Å². The topological polar surface area (TPSA) is 99.6 Å². The van der Waals surface area contributed by atoms with Gasteiger partial charge in [0.1, 0.15) is 0 Å². The average Bonchev–Trinajstić information content (AvgIpc) is 2.80. The number of imide groups is 1. The van der Waals surface area contributed by atoms with Crippen molar-refractivity contribution in [1.82, 2.24) is 9.88 Å². The molecule has 0 unspecified atom stereocenters. The van der Waals surface area contributed by atoms with Crippen LogP contribution in [0.15, 0.2) is 54.4 Å². The molecule has 1 aliphatic rings. The van der Waals surface area contributed by atoms with Crippen LogP contribution in [0.4, 0.5) is 5.69 Å². The summed E-state index contributed by atoms with van der Waals surface area (Å²) in [5.74, 6) is -2.14. The third kappa shape index (κ3) is 3.25. The molecule has 0 saturated carbocycles. The summed E-state index contributed by atoms with van der Waals surface area (Å²) in [5.41, 5.74) is 1.43. The maximum atomic E-state index is 12.6. The summed E-state index contributed by atoms with van der Waals surface area (Å²) >= 11 is 0. The number of hydrogen-bond donors (Lipinski definition) is 2. The molecule has 25 heavy (non-hydrogen) atoms. The first-order valence-corrected chi connectivity index (χ1v) is 7.54. The average molecular weight is 337 g/mol. The zero-order valence-electron chi connectivity index (χ0n) is 13.4. The van der Waals surface area contributed by atoms with Crippen molar-refractivity contribution in [2.24, 2.45) is 0 Å². The number of anilines is 1. The number of aliphatic hydroxyl groups is 1. The molecule has 0 saturated heterocycles. The van der Waals surface area contributed by atoms with Gasteiger partial charge in [0, 0.05) is 18.8 Å². The Balaban J connectivity index is 1.85. The standard InChI is InChI=1S/C18H15N3O4/c1-11(22)20-13-7-5-12(6-8-13)15-16(23)18(25)21(17(15)24)10-14-4-2-3-9-19-14/h2-9,23H,10H2,1H3,(H,20,22). The number of benzene rings is 1. The first-order valence-electron chi connectivity index (χ1n) is 7.54. The van der Waals surface area contributed by atoms with Crippen LogP contribution in [0.2, 0.25) is 0 Å². The molecule has 2 N–H and O–H groups in total. The van der Waals surface area contributed by atoms with Crippen LogP contribution in [0.25, 0.3) is 5.57 Å². The highest BCUT2D eigenvalue weighted by Crippen LogP contribution is 2.29. The number of nitrogens with one attached hydrogen (secondary N) is 1. The Bertz CT molecular complexity index is 873. The quantitative estimate of drug-likeness (QED) is 0.830. The lowest BCUT2D eigenvalue weighted by Crippen LogP contribution is -2.31. The van der Waals surface area contributed by atoms with Gasteiger partial charge in [0.15, 0.2) is 5.76 Å². The molecule has 1 aromatic carbocycles. The van der Waals surface area contributed by atoms with Gasteiger partial charge in [-0.2, -0.15) is 0 Å². The maximum Gasteiger partial charge on any atom is 0.296 e. The normalized spacial score (nSPS) is 14.2. The molecule has 0 bridgehead atoms. The Morgan fingerprint density at radius 2 is 1.84 bits per heavy atom. The molecular weight excluding hydrogens is 322 g/mol. The summed E-state index contributed by atoms with van der Waals surface area (Å²) in [7, 11) is 0. The summed E-state index contributed by atoms with van der Waals surface area (Å²) in [4.78, 5) is 40.9. The van der Waals surface area contributed by atoms with Crippen molar-refractivity contribution in [3.8, 4) is 0 Å². The number of pyridine rings is 1. The third-order valence-electron chi connectivity index (χ3n) is 3.68. The molecule has 2 aromatic rings. The Kier molecular flexibility index (Phi) is 4.30. The van der Waals surface area contributed by atoms with Crippen molar-refractivity contribution in [3.05, 3.63) is 65.7 Å². The van der Waals surface area contributed by atoms with E-state index in [2.05, 4.69) is 10.3 Å². The number of hydrogen-bond acceptors (Lipinski definition) is 5. The van der Waals surface area contributed by atoms with Crippen LogP contribution >= 0.6 is 0 Å². The van der Waals surface area contributed by atoms with Gasteiger partial charge >= 0.3 is 0 Å². The summed E-state index contributed by atoms with van der Waals surface area (Å²) in [5, 5.41) is 12.7. The van der Waals surface area contributed by atoms with Gasteiger partial charge in [-0.15, -0.1) is 0 Å². The van der Waals surface area contributed by atoms with Crippen LogP contribution in [0.3, 0.4) is 0 Å². The minimum absolute atomic E-state index is 0.0178. The highest BCUT2D eigenvalue weighted by Gasteiger charge is 2.39. The highest BCUT2D eigenvalue weighted by atomic mass is 16.3. The lowest BCUT2D eigenvalue weighted by Gasteiger charge is -2.13. The van der Waals surface area contributed by atoms with E-state index in [1.807, 2.05) is 0 Å². The minimum atomic E-state index is -0.753. The zero-order chi connectivity index (χ0) is 18.0. The summed E-state index contributed by atoms with van der Waals surface area (Å²) < 4.78 is 0. The number of amides is 3. The zero-order valence-corrected chi connectivity index (χ0v) is 13.4. The lowest BCUT2D eigenvalue weighted by molar-refractivity contribution is -0.138. The molecule has 0 spiro atoms. The van der Waals surface area contributed by atoms with Crippen molar-refractivity contribution < 1.29 is 19.5 Å². The van der Waals surface area contributed by atoms with E-state index in [1.54, 1.807) is 48.7 Å². The van der Waals surface area contributed by atoms with E-state index < -0.39 is 17.6 Å². The Morgan fingerprint density at radius 1 is 1.12 bits per heavy atom. The maximum absolute atomic E-state index is 12.6. The van der Waals surface area contributed by atoms with Crippen LogP contribution < -0.4 is 5.32 Å². The fourth-order valence-electron chi connectivity index (χ4n) is 2.54. The molecule has 0 aliphatic carbocycles. The molecule has 7 heteroatoms. The first-order chi connectivity index (χ1) is 12.0. The Morgan fingerprint density at radius 3 is 2.44 bits per heavy atom. The predicted molar refractivity (Wildman–Crippen MR) is 90.1 cm³/mol. The van der Waals surface area contributed by atoms with Gasteiger partial charge in [0.2, 0.25) is 5.91 Å². The summed E-state index contributed by atoms with van der Waals surface area (Å²) in [6, 6.07) is 11.5. The van der Waals surface area contributed by atoms with Crippen molar-refractivity contribution in [2.45, 2.75) is 13.5 Å². The summed E-state index contributed by atoms with van der Waals surface area (Å²) in [6.45, 7) is 1.37. The first kappa shape index (κ1) is 16.4. The second-order valence-corrected chi connectivity index (χ2v) is 5.50. The molecule has 1 aromatic heterocycles. The minimum Gasteiger partial charge on any atom is -0.502 e. The van der Waals surface area contributed by atoms with E-state index in [4.69, 9.17) is 0 Å². The molecule has 7 nitrogen and oxygen atoms in total. The van der Waals surface area contributed by atoms with Crippen LogP contribution in [-0.2, 0) is 20.9 Å². The van der Waals surface area contributed by atoms with E-state index in [1.165, 1.54) is 6.92 Å². The third-order valence-corrected chi connectivity index (χ3v) is 3.68. The van der Waals surface area contributed by atoms with Crippen LogP contribution in [-0.4, -0.2) is 32.7 Å². The molecule has 3 amide bonds. The Hall–Kier alpha value is -3.48. The number of rotatable bonds is 4. The number of carbonyl (C=O) groups excluding carboxylic acids is 3. The van der Waals surface area contributed by atoms with Crippen molar-refractivity contribution in [2.75, 3.05) is 5.32 Å². The molecule has 0 fully saturated rings. The SMILES string of the molecule is CC(=O)Nc1ccc(C2=C(O)C(=O)N(Cc3ccccn3)C2=O)cc1. The molecule has 1 aliphatic heterocycles. The molecule has 0 atom stereocenters. The number of nitrogens with zero attached hydrogens (tertiary/aromatic N) is 2. The second-order valence-electron chi connectivity index (χ2n) is 5.50. The highest BCUT2D eigenvalue weighted by molar-refractivity contribution is 6.34. The van der Waals surface area contributed by atoms with Crippen molar-refractivity contribution in [3.63, 3.8) is 0 Å². The van der Waals surface area contributed by atoms with Gasteiger partial charge in [-0.25, -0.2) is 0 Å². The van der Waals surface area contributed by atoms with Crippen molar-refractivity contribution in [1.29, 1.82) is 0 Å². The van der Waals surface area contributed by atoms with Gasteiger partial charge < -0.3 is 10.4 Å². The van der Waals surface area contributed by atoms with E-state index >= 15 is 0 Å². The Labute approximate surface area is 143 Å². The smallest absolute Gasteiger partial charge is 0.296 e. The van der Waals surface area contributed by atoms with Gasteiger partial charge in [-0.3, -0.25) is 24.3 Å². The fourth-order valence-corrected chi connectivity index (χ4v) is 2.54. The second kappa shape index (κ2) is 6.56. The van der Waals surface area contributed by atoms with Gasteiger partial charge in [0.05, 0.1) is 17.8 Å². The largest absolute Gasteiger partial charge is 0.502 e. The van der Waals surface area contributed by atoms with Gasteiger partial charge in [-0.05, 0) is 29.8 Å². The lowest BCUT2D eigenvalue weighted by atomic mass is 10.1. The molecular formula is C18H15N3O4. The van der Waals surface area contributed by atoms with E-state index in [-0.39, 0.29) is 18.0 Å². The predicted octanol–water partition coefficient (Wildman–Crippen LogP) is 1.88. The van der Waals surface area contributed by atoms with E-state index in [0.717, 1.165) is 4.90 Å². The molecule has 2 heterocycles. The summed E-state index contributed by atoms with van der Waals surface area (Å²) in [6.07, 6.45) is 1.56. The monoisotopic (exact) mass is 337 g/mol. The van der Waals surface area contributed by atoms with Gasteiger partial charge in [-0.1, -0.05) is 18.2 Å². The van der Waals surface area contributed by atoms with Crippen LogP contribution in [0, 0.1) is 0 Å². The van der Waals surface area contributed by atoms with E-state index in [0.29, 0.717) is 16.9 Å².